The summed E-state index contributed by atoms with van der Waals surface area (Å²) in [5, 5.41) is 1.14. The zero-order valence-corrected chi connectivity index (χ0v) is 14.9. The quantitative estimate of drug-likeness (QED) is 0.696. The molecule has 0 fully saturated rings. The van der Waals surface area contributed by atoms with Gasteiger partial charge in [0, 0.05) is 30.4 Å². The van der Waals surface area contributed by atoms with E-state index in [1.165, 1.54) is 4.31 Å². The first-order valence-electron chi connectivity index (χ1n) is 8.60. The molecule has 0 unspecified atom stereocenters. The van der Waals surface area contributed by atoms with Crippen molar-refractivity contribution in [1.29, 1.82) is 0 Å². The third kappa shape index (κ3) is 2.39. The van der Waals surface area contributed by atoms with Crippen molar-refractivity contribution in [1.82, 2.24) is 8.87 Å². The summed E-state index contributed by atoms with van der Waals surface area (Å²) in [4.78, 5) is 0.242. The molecule has 7 heteroatoms. The fourth-order valence-corrected chi connectivity index (χ4v) is 5.09. The number of rotatable bonds is 2. The highest BCUT2D eigenvalue weighted by atomic mass is 32.2. The SMILES string of the molecule is O=S(=O)(c1ccc2c(c1)OCCO2)N1CCn2c(cc3ccccc32)C1. The Hall–Kier alpha value is -2.51. The van der Waals surface area contributed by atoms with Crippen molar-refractivity contribution in [3.05, 3.63) is 54.2 Å². The van der Waals surface area contributed by atoms with Crippen molar-refractivity contribution in [2.45, 2.75) is 18.0 Å². The Morgan fingerprint density at radius 1 is 0.885 bits per heavy atom. The minimum absolute atomic E-state index is 0.242. The standard InChI is InChI=1S/C19H18N2O4S/c22-26(23,16-5-6-18-19(12-16)25-10-9-24-18)20-7-8-21-15(13-20)11-14-3-1-2-4-17(14)21/h1-6,11-12H,7-10,13H2. The summed E-state index contributed by atoms with van der Waals surface area (Å²) in [5.74, 6) is 1.08. The van der Waals surface area contributed by atoms with Gasteiger partial charge in [0.2, 0.25) is 10.0 Å². The lowest BCUT2D eigenvalue weighted by Gasteiger charge is -2.28. The maximum absolute atomic E-state index is 13.1. The Kier molecular flexibility index (Phi) is 3.48. The summed E-state index contributed by atoms with van der Waals surface area (Å²) in [5.41, 5.74) is 2.16. The molecule has 2 aliphatic heterocycles. The summed E-state index contributed by atoms with van der Waals surface area (Å²) >= 11 is 0. The molecule has 26 heavy (non-hydrogen) atoms. The molecule has 5 rings (SSSR count). The first-order chi connectivity index (χ1) is 12.6. The number of fused-ring (bicyclic) bond motifs is 4. The maximum Gasteiger partial charge on any atom is 0.243 e. The lowest BCUT2D eigenvalue weighted by atomic mass is 10.2. The summed E-state index contributed by atoms with van der Waals surface area (Å²) in [7, 11) is -3.59. The van der Waals surface area contributed by atoms with Crippen molar-refractivity contribution in [2.75, 3.05) is 19.8 Å². The number of hydrogen-bond acceptors (Lipinski definition) is 4. The molecule has 2 aromatic carbocycles. The van der Waals surface area contributed by atoms with Crippen LogP contribution < -0.4 is 9.47 Å². The van der Waals surface area contributed by atoms with Gasteiger partial charge in [0.05, 0.1) is 11.4 Å². The van der Waals surface area contributed by atoms with E-state index in [2.05, 4.69) is 22.8 Å². The number of sulfonamides is 1. The minimum atomic E-state index is -3.59. The number of hydrogen-bond donors (Lipinski definition) is 0. The average Bonchev–Trinajstić information content (AvgIpc) is 3.05. The fourth-order valence-electron chi connectivity index (χ4n) is 3.67. The van der Waals surface area contributed by atoms with E-state index in [0.717, 1.165) is 16.6 Å². The largest absolute Gasteiger partial charge is 0.486 e. The third-order valence-electron chi connectivity index (χ3n) is 4.96. The molecule has 3 aromatic rings. The first-order valence-corrected chi connectivity index (χ1v) is 10.0. The molecule has 2 aliphatic rings. The summed E-state index contributed by atoms with van der Waals surface area (Å²) < 4.78 is 41.0. The molecule has 0 radical (unpaired) electrons. The lowest BCUT2D eigenvalue weighted by molar-refractivity contribution is 0.171. The highest BCUT2D eigenvalue weighted by Gasteiger charge is 2.30. The molecule has 0 bridgehead atoms. The molecular formula is C19H18N2O4S. The Morgan fingerprint density at radius 3 is 2.58 bits per heavy atom. The topological polar surface area (TPSA) is 60.8 Å². The van der Waals surface area contributed by atoms with E-state index in [-0.39, 0.29) is 4.90 Å². The zero-order chi connectivity index (χ0) is 17.7. The van der Waals surface area contributed by atoms with Crippen molar-refractivity contribution < 1.29 is 17.9 Å². The molecule has 0 atom stereocenters. The van der Waals surface area contributed by atoms with Gasteiger partial charge in [-0.05, 0) is 29.7 Å². The van der Waals surface area contributed by atoms with Crippen LogP contribution in [0.3, 0.4) is 0 Å². The van der Waals surface area contributed by atoms with E-state index in [1.807, 2.05) is 12.1 Å². The molecule has 3 heterocycles. The van der Waals surface area contributed by atoms with Crippen LogP contribution in [0.2, 0.25) is 0 Å². The molecule has 1 aromatic heterocycles. The van der Waals surface area contributed by atoms with Crippen LogP contribution in [-0.2, 0) is 23.1 Å². The Morgan fingerprint density at radius 2 is 1.69 bits per heavy atom. The van der Waals surface area contributed by atoms with Crippen LogP contribution in [0.5, 0.6) is 11.5 Å². The lowest BCUT2D eigenvalue weighted by Crippen LogP contribution is -2.38. The van der Waals surface area contributed by atoms with Crippen molar-refractivity contribution >= 4 is 20.9 Å². The molecule has 0 saturated heterocycles. The first kappa shape index (κ1) is 15.7. The number of aromatic nitrogens is 1. The fraction of sp³-hybridized carbons (Fsp3) is 0.263. The van der Waals surface area contributed by atoms with Crippen LogP contribution in [0, 0.1) is 0 Å². The molecule has 0 spiro atoms. The number of benzene rings is 2. The second kappa shape index (κ2) is 5.75. The van der Waals surface area contributed by atoms with Gasteiger partial charge in [0.1, 0.15) is 13.2 Å². The van der Waals surface area contributed by atoms with Gasteiger partial charge in [-0.2, -0.15) is 4.31 Å². The monoisotopic (exact) mass is 370 g/mol. The summed E-state index contributed by atoms with van der Waals surface area (Å²) in [6.07, 6.45) is 0. The van der Waals surface area contributed by atoms with E-state index < -0.39 is 10.0 Å². The highest BCUT2D eigenvalue weighted by molar-refractivity contribution is 7.89. The van der Waals surface area contributed by atoms with Gasteiger partial charge < -0.3 is 14.0 Å². The van der Waals surface area contributed by atoms with Crippen molar-refractivity contribution in [2.24, 2.45) is 0 Å². The second-order valence-corrected chi connectivity index (χ2v) is 8.43. The van der Waals surface area contributed by atoms with E-state index in [1.54, 1.807) is 18.2 Å². The van der Waals surface area contributed by atoms with E-state index in [0.29, 0.717) is 44.3 Å². The maximum atomic E-state index is 13.1. The van der Waals surface area contributed by atoms with Crippen molar-refractivity contribution in [3.8, 4) is 11.5 Å². The van der Waals surface area contributed by atoms with Gasteiger partial charge in [0.15, 0.2) is 11.5 Å². The van der Waals surface area contributed by atoms with Crippen LogP contribution in [0.1, 0.15) is 5.69 Å². The number of ether oxygens (including phenoxy) is 2. The van der Waals surface area contributed by atoms with Gasteiger partial charge in [-0.3, -0.25) is 0 Å². The van der Waals surface area contributed by atoms with E-state index >= 15 is 0 Å². The Bertz CT molecular complexity index is 1100. The van der Waals surface area contributed by atoms with E-state index in [4.69, 9.17) is 9.47 Å². The normalized spacial score (nSPS) is 17.2. The van der Waals surface area contributed by atoms with Gasteiger partial charge in [-0.25, -0.2) is 8.42 Å². The van der Waals surface area contributed by atoms with Gasteiger partial charge in [-0.1, -0.05) is 18.2 Å². The Labute approximate surface area is 151 Å². The van der Waals surface area contributed by atoms with Crippen LogP contribution in [0.4, 0.5) is 0 Å². The van der Waals surface area contributed by atoms with Crippen LogP contribution >= 0.6 is 0 Å². The zero-order valence-electron chi connectivity index (χ0n) is 14.1. The van der Waals surface area contributed by atoms with Crippen LogP contribution in [0.25, 0.3) is 10.9 Å². The Balaban J connectivity index is 1.49. The van der Waals surface area contributed by atoms with Crippen LogP contribution in [0.15, 0.2) is 53.4 Å². The molecule has 0 amide bonds. The molecule has 0 aliphatic carbocycles. The van der Waals surface area contributed by atoms with E-state index in [9.17, 15) is 8.42 Å². The summed E-state index contributed by atoms with van der Waals surface area (Å²) in [6.45, 7) is 2.37. The summed E-state index contributed by atoms with van der Waals surface area (Å²) in [6, 6.07) is 15.0. The van der Waals surface area contributed by atoms with Gasteiger partial charge >= 0.3 is 0 Å². The third-order valence-corrected chi connectivity index (χ3v) is 6.80. The molecular weight excluding hydrogens is 352 g/mol. The number of para-hydroxylation sites is 1. The molecule has 6 nitrogen and oxygen atoms in total. The molecule has 0 saturated carbocycles. The predicted molar refractivity (Wildman–Crippen MR) is 97.0 cm³/mol. The van der Waals surface area contributed by atoms with Gasteiger partial charge in [0.25, 0.3) is 0 Å². The minimum Gasteiger partial charge on any atom is -0.486 e. The molecule has 134 valence electrons. The van der Waals surface area contributed by atoms with Gasteiger partial charge in [-0.15, -0.1) is 0 Å². The second-order valence-electron chi connectivity index (χ2n) is 6.49. The number of nitrogens with zero attached hydrogens (tertiary/aromatic N) is 2. The highest BCUT2D eigenvalue weighted by Crippen LogP contribution is 2.34. The smallest absolute Gasteiger partial charge is 0.243 e. The molecule has 0 N–H and O–H groups in total. The van der Waals surface area contributed by atoms with Crippen LogP contribution in [-0.4, -0.2) is 37.0 Å². The van der Waals surface area contributed by atoms with Crippen molar-refractivity contribution in [3.63, 3.8) is 0 Å². The predicted octanol–water partition coefficient (Wildman–Crippen LogP) is 2.62. The average molecular weight is 370 g/mol.